The van der Waals surface area contributed by atoms with Gasteiger partial charge in [-0.1, -0.05) is 60.7 Å². The van der Waals surface area contributed by atoms with Crippen LogP contribution in [0, 0.1) is 0 Å². The van der Waals surface area contributed by atoms with Crippen molar-refractivity contribution in [2.75, 3.05) is 39.3 Å². The Morgan fingerprint density at radius 3 is 2.08 bits per heavy atom. The predicted molar refractivity (Wildman–Crippen MR) is 99.6 cm³/mol. The van der Waals surface area contributed by atoms with Gasteiger partial charge < -0.3 is 10.1 Å². The monoisotopic (exact) mass is 338 g/mol. The summed E-state index contributed by atoms with van der Waals surface area (Å²) in [6, 6.07) is 20.4. The smallest absolute Gasteiger partial charge is 0.306 e. The van der Waals surface area contributed by atoms with Crippen LogP contribution in [-0.2, 0) is 9.53 Å². The Morgan fingerprint density at radius 1 is 0.960 bits per heavy atom. The molecule has 0 radical (unpaired) electrons. The van der Waals surface area contributed by atoms with Gasteiger partial charge in [0, 0.05) is 38.6 Å². The summed E-state index contributed by atoms with van der Waals surface area (Å²) in [6.07, 6.45) is 0.371. The minimum absolute atomic E-state index is 0.0362. The van der Waals surface area contributed by atoms with Crippen LogP contribution in [0.3, 0.4) is 0 Å². The Hall–Kier alpha value is -2.17. The first-order valence-corrected chi connectivity index (χ1v) is 9.01. The van der Waals surface area contributed by atoms with Crippen molar-refractivity contribution in [3.63, 3.8) is 0 Å². The molecule has 1 aliphatic heterocycles. The molecular weight excluding hydrogens is 312 g/mol. The Bertz CT molecular complexity index is 600. The molecule has 25 heavy (non-hydrogen) atoms. The van der Waals surface area contributed by atoms with Crippen molar-refractivity contribution in [3.8, 4) is 0 Å². The van der Waals surface area contributed by atoms with E-state index in [1.807, 2.05) is 36.4 Å². The summed E-state index contributed by atoms with van der Waals surface area (Å²) in [6.45, 7) is 5.35. The molecule has 0 spiro atoms. The van der Waals surface area contributed by atoms with E-state index in [1.165, 1.54) is 0 Å². The Labute approximate surface area is 149 Å². The minimum Gasteiger partial charge on any atom is -0.464 e. The number of nitrogens with one attached hydrogen (secondary N) is 1. The highest BCUT2D eigenvalue weighted by molar-refractivity contribution is 5.71. The van der Waals surface area contributed by atoms with Crippen molar-refractivity contribution >= 4 is 5.97 Å². The molecule has 0 amide bonds. The number of carbonyl (C=O) groups is 1. The Morgan fingerprint density at radius 2 is 1.52 bits per heavy atom. The fourth-order valence-electron chi connectivity index (χ4n) is 3.25. The van der Waals surface area contributed by atoms with Gasteiger partial charge in [0.15, 0.2) is 0 Å². The van der Waals surface area contributed by atoms with E-state index >= 15 is 0 Å². The molecule has 0 aromatic heterocycles. The molecule has 0 bridgehead atoms. The van der Waals surface area contributed by atoms with Crippen LogP contribution in [0.2, 0.25) is 0 Å². The number of rotatable bonds is 7. The first-order valence-electron chi connectivity index (χ1n) is 9.01. The molecule has 4 heteroatoms. The van der Waals surface area contributed by atoms with E-state index < -0.39 is 0 Å². The molecule has 1 heterocycles. The summed E-state index contributed by atoms with van der Waals surface area (Å²) in [5.74, 6) is -0.0954. The third-order valence-electron chi connectivity index (χ3n) is 4.65. The number of carbonyl (C=O) groups excluding carboxylic acids is 1. The van der Waals surface area contributed by atoms with Crippen LogP contribution in [-0.4, -0.2) is 50.2 Å². The van der Waals surface area contributed by atoms with Crippen LogP contribution >= 0.6 is 0 Å². The molecule has 0 atom stereocenters. The largest absolute Gasteiger partial charge is 0.464 e. The van der Waals surface area contributed by atoms with Crippen molar-refractivity contribution in [1.29, 1.82) is 0 Å². The van der Waals surface area contributed by atoms with E-state index in [9.17, 15) is 4.79 Å². The highest BCUT2D eigenvalue weighted by Gasteiger charge is 2.19. The average Bonchev–Trinajstić information content (AvgIpc) is 2.68. The topological polar surface area (TPSA) is 41.6 Å². The first kappa shape index (κ1) is 17.6. The lowest BCUT2D eigenvalue weighted by Gasteiger charge is -2.26. The molecule has 3 rings (SSSR count). The second-order valence-electron chi connectivity index (χ2n) is 6.39. The van der Waals surface area contributed by atoms with E-state index in [0.29, 0.717) is 13.0 Å². The van der Waals surface area contributed by atoms with Crippen LogP contribution in [0.5, 0.6) is 0 Å². The molecule has 1 N–H and O–H groups in total. The maximum atomic E-state index is 12.4. The number of ether oxygens (including phenoxy) is 1. The standard InChI is InChI=1S/C21H26N2O2/c24-21(25-16-15-23-13-11-22-12-14-23)17-20(18-7-3-1-4-8-18)19-9-5-2-6-10-19/h1-10,20,22H,11-17H2. The van der Waals surface area contributed by atoms with Crippen molar-refractivity contribution in [2.45, 2.75) is 12.3 Å². The van der Waals surface area contributed by atoms with E-state index in [4.69, 9.17) is 4.74 Å². The fraction of sp³-hybridized carbons (Fsp3) is 0.381. The summed E-state index contributed by atoms with van der Waals surface area (Å²) in [7, 11) is 0. The first-order chi connectivity index (χ1) is 12.3. The van der Waals surface area contributed by atoms with Crippen molar-refractivity contribution in [2.24, 2.45) is 0 Å². The SMILES string of the molecule is O=C(CC(c1ccccc1)c1ccccc1)OCCN1CCNCC1. The third kappa shape index (κ3) is 5.41. The normalized spacial score (nSPS) is 15.2. The van der Waals surface area contributed by atoms with Gasteiger partial charge >= 0.3 is 5.97 Å². The second kappa shape index (κ2) is 9.35. The average molecular weight is 338 g/mol. The number of hydrogen-bond acceptors (Lipinski definition) is 4. The van der Waals surface area contributed by atoms with Crippen LogP contribution in [0.15, 0.2) is 60.7 Å². The summed E-state index contributed by atoms with van der Waals surface area (Å²) in [5, 5.41) is 3.33. The molecular formula is C21H26N2O2. The highest BCUT2D eigenvalue weighted by Crippen LogP contribution is 2.28. The zero-order valence-electron chi connectivity index (χ0n) is 14.6. The molecule has 2 aromatic rings. The number of piperazine rings is 1. The van der Waals surface area contributed by atoms with Gasteiger partial charge in [-0.05, 0) is 11.1 Å². The van der Waals surface area contributed by atoms with Gasteiger partial charge in [-0.25, -0.2) is 0 Å². The lowest BCUT2D eigenvalue weighted by molar-refractivity contribution is -0.144. The molecule has 132 valence electrons. The van der Waals surface area contributed by atoms with Crippen LogP contribution in [0.1, 0.15) is 23.5 Å². The van der Waals surface area contributed by atoms with Crippen molar-refractivity contribution in [3.05, 3.63) is 71.8 Å². The van der Waals surface area contributed by atoms with E-state index in [2.05, 4.69) is 34.5 Å². The fourth-order valence-corrected chi connectivity index (χ4v) is 3.25. The van der Waals surface area contributed by atoms with Crippen molar-refractivity contribution < 1.29 is 9.53 Å². The van der Waals surface area contributed by atoms with Gasteiger partial charge in [-0.15, -0.1) is 0 Å². The molecule has 2 aromatic carbocycles. The lowest BCUT2D eigenvalue weighted by atomic mass is 9.89. The van der Waals surface area contributed by atoms with Crippen LogP contribution < -0.4 is 5.32 Å². The summed E-state index contributed by atoms with van der Waals surface area (Å²) in [5.41, 5.74) is 2.29. The number of esters is 1. The zero-order chi connectivity index (χ0) is 17.3. The van der Waals surface area contributed by atoms with Gasteiger partial charge in [0.2, 0.25) is 0 Å². The highest BCUT2D eigenvalue weighted by atomic mass is 16.5. The maximum absolute atomic E-state index is 12.4. The molecule has 0 unspecified atom stereocenters. The van der Waals surface area contributed by atoms with Crippen LogP contribution in [0.25, 0.3) is 0 Å². The lowest BCUT2D eigenvalue weighted by Crippen LogP contribution is -2.44. The van der Waals surface area contributed by atoms with Gasteiger partial charge in [0.05, 0.1) is 6.42 Å². The maximum Gasteiger partial charge on any atom is 0.306 e. The molecule has 0 aliphatic carbocycles. The predicted octanol–water partition coefficient (Wildman–Crippen LogP) is 2.66. The molecule has 1 fully saturated rings. The summed E-state index contributed by atoms with van der Waals surface area (Å²) < 4.78 is 5.52. The molecule has 0 saturated carbocycles. The van der Waals surface area contributed by atoms with Gasteiger partial charge in [-0.3, -0.25) is 9.69 Å². The third-order valence-corrected chi connectivity index (χ3v) is 4.65. The Balaban J connectivity index is 1.57. The zero-order valence-corrected chi connectivity index (χ0v) is 14.6. The van der Waals surface area contributed by atoms with E-state index in [0.717, 1.165) is 43.9 Å². The summed E-state index contributed by atoms with van der Waals surface area (Å²) >= 11 is 0. The van der Waals surface area contributed by atoms with Crippen LogP contribution in [0.4, 0.5) is 0 Å². The number of hydrogen-bond donors (Lipinski definition) is 1. The number of nitrogens with zero attached hydrogens (tertiary/aromatic N) is 1. The summed E-state index contributed by atoms with van der Waals surface area (Å²) in [4.78, 5) is 14.7. The molecule has 4 nitrogen and oxygen atoms in total. The minimum atomic E-state index is -0.132. The number of benzene rings is 2. The van der Waals surface area contributed by atoms with Gasteiger partial charge in [0.1, 0.15) is 6.61 Å². The second-order valence-corrected chi connectivity index (χ2v) is 6.39. The quantitative estimate of drug-likeness (QED) is 0.788. The molecule has 1 saturated heterocycles. The Kier molecular flexibility index (Phi) is 6.60. The van der Waals surface area contributed by atoms with Gasteiger partial charge in [0.25, 0.3) is 0 Å². The van der Waals surface area contributed by atoms with E-state index in [-0.39, 0.29) is 11.9 Å². The van der Waals surface area contributed by atoms with Crippen molar-refractivity contribution in [1.82, 2.24) is 10.2 Å². The van der Waals surface area contributed by atoms with Gasteiger partial charge in [-0.2, -0.15) is 0 Å². The molecule has 1 aliphatic rings. The van der Waals surface area contributed by atoms with E-state index in [1.54, 1.807) is 0 Å².